The van der Waals surface area contributed by atoms with E-state index >= 15 is 0 Å². The molecule has 0 saturated carbocycles. The summed E-state index contributed by atoms with van der Waals surface area (Å²) in [5.74, 6) is -0.0653. The van der Waals surface area contributed by atoms with Crippen molar-refractivity contribution in [3.63, 3.8) is 0 Å². The van der Waals surface area contributed by atoms with Crippen LogP contribution in [0.25, 0.3) is 5.69 Å². The van der Waals surface area contributed by atoms with Gasteiger partial charge in [0.2, 0.25) is 5.91 Å². The number of tetrazole rings is 1. The summed E-state index contributed by atoms with van der Waals surface area (Å²) in [6.45, 7) is 3.97. The van der Waals surface area contributed by atoms with Crippen molar-refractivity contribution >= 4 is 23.6 Å². The Bertz CT molecular complexity index is 1140. The predicted octanol–water partition coefficient (Wildman–Crippen LogP) is 2.97. The number of esters is 1. The number of thioether (sulfide) groups is 1. The largest absolute Gasteiger partial charge is 0.457 e. The number of carbonyl (C=O) groups is 2. The maximum absolute atomic E-state index is 12.8. The molecule has 0 atom stereocenters. The monoisotopic (exact) mass is 449 g/mol. The van der Waals surface area contributed by atoms with Gasteiger partial charge in [0.15, 0.2) is 0 Å². The van der Waals surface area contributed by atoms with Gasteiger partial charge in [0.25, 0.3) is 0 Å². The number of hydrogen-bond donors (Lipinski definition) is 0. The van der Waals surface area contributed by atoms with Crippen LogP contribution in [0.1, 0.15) is 39.9 Å². The van der Waals surface area contributed by atoms with Crippen LogP contribution in [0.3, 0.4) is 0 Å². The van der Waals surface area contributed by atoms with Gasteiger partial charge >= 0.3 is 5.97 Å². The van der Waals surface area contributed by atoms with E-state index in [1.807, 2.05) is 53.1 Å². The van der Waals surface area contributed by atoms with Crippen molar-refractivity contribution in [2.75, 3.05) is 13.1 Å². The van der Waals surface area contributed by atoms with Crippen LogP contribution < -0.4 is 0 Å². The third-order valence-electron chi connectivity index (χ3n) is 6.11. The average molecular weight is 450 g/mol. The van der Waals surface area contributed by atoms with Gasteiger partial charge in [-0.05, 0) is 65.6 Å². The Morgan fingerprint density at radius 1 is 1.16 bits per heavy atom. The molecule has 0 bridgehead atoms. The van der Waals surface area contributed by atoms with Crippen molar-refractivity contribution in [1.29, 1.82) is 0 Å². The summed E-state index contributed by atoms with van der Waals surface area (Å²) < 4.78 is 6.75. The lowest BCUT2D eigenvalue weighted by molar-refractivity contribution is -0.131. The highest BCUT2D eigenvalue weighted by molar-refractivity contribution is 8.00. The molecule has 3 heterocycles. The van der Waals surface area contributed by atoms with Crippen LogP contribution in [0.2, 0.25) is 0 Å². The van der Waals surface area contributed by atoms with E-state index in [1.54, 1.807) is 11.0 Å². The minimum Gasteiger partial charge on any atom is -0.457 e. The van der Waals surface area contributed by atoms with E-state index in [2.05, 4.69) is 22.4 Å². The topological polar surface area (TPSA) is 90.2 Å². The third-order valence-corrected chi connectivity index (χ3v) is 7.61. The number of rotatable bonds is 5. The van der Waals surface area contributed by atoms with Crippen molar-refractivity contribution in [2.45, 2.75) is 42.9 Å². The molecule has 9 heteroatoms. The Kier molecular flexibility index (Phi) is 5.65. The van der Waals surface area contributed by atoms with Crippen LogP contribution in [-0.2, 0) is 22.6 Å². The summed E-state index contributed by atoms with van der Waals surface area (Å²) in [4.78, 5) is 27.7. The van der Waals surface area contributed by atoms with Crippen molar-refractivity contribution in [3.05, 3.63) is 65.0 Å². The Labute approximate surface area is 189 Å². The zero-order valence-corrected chi connectivity index (χ0v) is 18.5. The van der Waals surface area contributed by atoms with Crippen molar-refractivity contribution in [1.82, 2.24) is 25.1 Å². The van der Waals surface area contributed by atoms with E-state index in [1.165, 1.54) is 4.90 Å². The molecule has 5 rings (SSSR count). The molecule has 0 radical (unpaired) electrons. The number of hydrogen-bond acceptors (Lipinski definition) is 7. The molecule has 1 amide bonds. The van der Waals surface area contributed by atoms with E-state index < -0.39 is 0 Å². The normalized spacial score (nSPS) is 16.2. The Morgan fingerprint density at radius 2 is 1.94 bits per heavy atom. The van der Waals surface area contributed by atoms with Gasteiger partial charge in [-0.25, -0.2) is 9.48 Å². The number of benzene rings is 2. The van der Waals surface area contributed by atoms with Gasteiger partial charge in [0.05, 0.1) is 17.7 Å². The SMILES string of the molecule is Cc1c(SC2CCN(C(=O)Cc3ccc(-n4cnnn4)cc3)CC2)ccc2c1COC2=O. The number of amides is 1. The van der Waals surface area contributed by atoms with E-state index in [9.17, 15) is 9.59 Å². The highest BCUT2D eigenvalue weighted by Crippen LogP contribution is 2.36. The summed E-state index contributed by atoms with van der Waals surface area (Å²) in [6, 6.07) is 11.6. The third kappa shape index (κ3) is 4.12. The average Bonchev–Trinajstić information content (AvgIpc) is 3.47. The van der Waals surface area contributed by atoms with Gasteiger partial charge in [-0.3, -0.25) is 4.79 Å². The fourth-order valence-corrected chi connectivity index (χ4v) is 5.44. The zero-order chi connectivity index (χ0) is 22.1. The summed E-state index contributed by atoms with van der Waals surface area (Å²) in [7, 11) is 0. The summed E-state index contributed by atoms with van der Waals surface area (Å²) >= 11 is 1.85. The first kappa shape index (κ1) is 20.7. The first-order chi connectivity index (χ1) is 15.6. The number of fused-ring (bicyclic) bond motifs is 1. The maximum atomic E-state index is 12.8. The van der Waals surface area contributed by atoms with Crippen molar-refractivity contribution in [2.24, 2.45) is 0 Å². The molecule has 0 spiro atoms. The van der Waals surface area contributed by atoms with Crippen LogP contribution in [0, 0.1) is 6.92 Å². The number of carbonyl (C=O) groups excluding carboxylic acids is 2. The number of cyclic esters (lactones) is 1. The smallest absolute Gasteiger partial charge is 0.338 e. The zero-order valence-electron chi connectivity index (χ0n) is 17.7. The number of ether oxygens (including phenoxy) is 1. The van der Waals surface area contributed by atoms with Crippen LogP contribution in [0.5, 0.6) is 0 Å². The molecule has 0 aliphatic carbocycles. The quantitative estimate of drug-likeness (QED) is 0.553. The maximum Gasteiger partial charge on any atom is 0.338 e. The second-order valence-corrected chi connectivity index (χ2v) is 9.43. The highest BCUT2D eigenvalue weighted by Gasteiger charge is 2.27. The molecular formula is C23H23N5O3S. The highest BCUT2D eigenvalue weighted by atomic mass is 32.2. The Morgan fingerprint density at radius 3 is 2.66 bits per heavy atom. The number of aromatic nitrogens is 4. The van der Waals surface area contributed by atoms with Gasteiger partial charge in [0, 0.05) is 28.8 Å². The van der Waals surface area contributed by atoms with Crippen LogP contribution in [-0.4, -0.2) is 55.3 Å². The standard InChI is InChI=1S/C23H23N5O3S/c1-15-20-13-31-23(30)19(20)6-7-21(15)32-18-8-10-27(11-9-18)22(29)12-16-2-4-17(5-3-16)28-14-24-25-26-28/h2-7,14,18H,8-13H2,1H3. The second kappa shape index (κ2) is 8.74. The molecular weight excluding hydrogens is 426 g/mol. The number of nitrogens with zero attached hydrogens (tertiary/aromatic N) is 5. The first-order valence-corrected chi connectivity index (χ1v) is 11.5. The summed E-state index contributed by atoms with van der Waals surface area (Å²) in [5.41, 5.74) is 4.69. The molecule has 32 heavy (non-hydrogen) atoms. The predicted molar refractivity (Wildman–Crippen MR) is 119 cm³/mol. The van der Waals surface area contributed by atoms with Gasteiger partial charge in [-0.2, -0.15) is 0 Å². The van der Waals surface area contributed by atoms with Gasteiger partial charge in [-0.15, -0.1) is 16.9 Å². The molecule has 164 valence electrons. The molecule has 0 N–H and O–H groups in total. The van der Waals surface area contributed by atoms with Crippen molar-refractivity contribution in [3.8, 4) is 5.69 Å². The van der Waals surface area contributed by atoms with E-state index in [0.717, 1.165) is 48.3 Å². The first-order valence-electron chi connectivity index (χ1n) is 10.6. The molecule has 8 nitrogen and oxygen atoms in total. The minimum atomic E-state index is -0.225. The molecule has 2 aliphatic heterocycles. The fourth-order valence-electron chi connectivity index (χ4n) is 4.19. The van der Waals surface area contributed by atoms with E-state index in [4.69, 9.17) is 4.74 Å². The molecule has 1 saturated heterocycles. The van der Waals surface area contributed by atoms with Gasteiger partial charge in [0.1, 0.15) is 12.9 Å². The van der Waals surface area contributed by atoms with Crippen molar-refractivity contribution < 1.29 is 14.3 Å². The molecule has 1 aromatic heterocycles. The van der Waals surface area contributed by atoms with Gasteiger partial charge < -0.3 is 9.64 Å². The number of piperidine rings is 1. The Balaban J connectivity index is 1.15. The van der Waals surface area contributed by atoms with Crippen LogP contribution in [0.4, 0.5) is 0 Å². The van der Waals surface area contributed by atoms with E-state index in [0.29, 0.717) is 23.8 Å². The van der Waals surface area contributed by atoms with E-state index in [-0.39, 0.29) is 11.9 Å². The lowest BCUT2D eigenvalue weighted by Gasteiger charge is -2.32. The fraction of sp³-hybridized carbons (Fsp3) is 0.348. The lowest BCUT2D eigenvalue weighted by Crippen LogP contribution is -2.40. The van der Waals surface area contributed by atoms with Crippen LogP contribution >= 0.6 is 11.8 Å². The Hall–Kier alpha value is -3.20. The summed E-state index contributed by atoms with van der Waals surface area (Å²) in [6.07, 6.45) is 3.85. The minimum absolute atomic E-state index is 0.160. The molecule has 2 aromatic carbocycles. The molecule has 3 aromatic rings. The lowest BCUT2D eigenvalue weighted by atomic mass is 10.0. The molecule has 2 aliphatic rings. The van der Waals surface area contributed by atoms with Gasteiger partial charge in [-0.1, -0.05) is 12.1 Å². The number of likely N-dealkylation sites (tertiary alicyclic amines) is 1. The molecule has 0 unspecified atom stereocenters. The van der Waals surface area contributed by atoms with Crippen LogP contribution in [0.15, 0.2) is 47.6 Å². The second-order valence-electron chi connectivity index (χ2n) is 8.09. The molecule has 1 fully saturated rings. The summed E-state index contributed by atoms with van der Waals surface area (Å²) in [5, 5.41) is 11.6.